The molecule has 0 unspecified atom stereocenters. The molecule has 3 aromatic carbocycles. The number of hydrogen-bond donors (Lipinski definition) is 2. The number of carbonyl (C=O) groups is 2. The maximum atomic E-state index is 12.8. The minimum Gasteiger partial charge on any atom is -0.345 e. The van der Waals surface area contributed by atoms with Crippen LogP contribution < -0.4 is 10.0 Å². The molecular weight excluding hydrogens is 400 g/mol. The highest BCUT2D eigenvalue weighted by molar-refractivity contribution is 7.92. The zero-order valence-electron chi connectivity index (χ0n) is 16.6. The van der Waals surface area contributed by atoms with E-state index in [1.165, 1.54) is 31.2 Å². The molecule has 3 rings (SSSR count). The molecular formula is C23H22N2O4S. The topological polar surface area (TPSA) is 92.3 Å². The largest absolute Gasteiger partial charge is 0.345 e. The fraction of sp³-hybridized carbons (Fsp3) is 0.130. The Morgan fingerprint density at radius 3 is 2.23 bits per heavy atom. The van der Waals surface area contributed by atoms with Gasteiger partial charge in [0, 0.05) is 5.56 Å². The average molecular weight is 423 g/mol. The number of hydrogen-bond acceptors (Lipinski definition) is 4. The summed E-state index contributed by atoms with van der Waals surface area (Å²) >= 11 is 0. The molecule has 0 bridgehead atoms. The van der Waals surface area contributed by atoms with Gasteiger partial charge in [-0.15, -0.1) is 0 Å². The van der Waals surface area contributed by atoms with E-state index >= 15 is 0 Å². The van der Waals surface area contributed by atoms with E-state index in [-0.39, 0.29) is 28.0 Å². The van der Waals surface area contributed by atoms with Crippen LogP contribution in [0.5, 0.6) is 0 Å². The summed E-state index contributed by atoms with van der Waals surface area (Å²) in [7, 11) is -3.99. The summed E-state index contributed by atoms with van der Waals surface area (Å²) in [5, 5.41) is 2.88. The van der Waals surface area contributed by atoms with E-state index in [9.17, 15) is 18.0 Å². The van der Waals surface area contributed by atoms with E-state index in [4.69, 9.17) is 0 Å². The van der Waals surface area contributed by atoms with Gasteiger partial charge in [0.15, 0.2) is 5.78 Å². The van der Waals surface area contributed by atoms with E-state index in [0.29, 0.717) is 5.56 Å². The second kappa shape index (κ2) is 8.92. The van der Waals surface area contributed by atoms with Crippen molar-refractivity contribution in [3.8, 4) is 0 Å². The number of sulfonamides is 1. The van der Waals surface area contributed by atoms with Crippen LogP contribution in [-0.4, -0.2) is 20.1 Å². The molecule has 0 fully saturated rings. The molecule has 1 atom stereocenters. The number of benzene rings is 3. The monoisotopic (exact) mass is 422 g/mol. The second-order valence-electron chi connectivity index (χ2n) is 6.84. The molecule has 0 aromatic heterocycles. The fourth-order valence-electron chi connectivity index (χ4n) is 2.96. The second-order valence-corrected chi connectivity index (χ2v) is 8.52. The molecule has 0 radical (unpaired) electrons. The first-order chi connectivity index (χ1) is 14.3. The van der Waals surface area contributed by atoms with Crippen LogP contribution in [0.1, 0.15) is 46.2 Å². The number of rotatable bonds is 7. The summed E-state index contributed by atoms with van der Waals surface area (Å²) in [4.78, 5) is 24.3. The lowest BCUT2D eigenvalue weighted by Gasteiger charge is -2.17. The fourth-order valence-corrected chi connectivity index (χ4v) is 4.08. The van der Waals surface area contributed by atoms with E-state index in [0.717, 1.165) is 5.56 Å². The number of nitrogens with one attached hydrogen (secondary N) is 2. The van der Waals surface area contributed by atoms with Gasteiger partial charge in [0.25, 0.3) is 15.9 Å². The minimum atomic E-state index is -3.99. The third-order valence-electron chi connectivity index (χ3n) is 4.61. The molecule has 0 heterocycles. The predicted molar refractivity (Wildman–Crippen MR) is 116 cm³/mol. The normalized spacial score (nSPS) is 12.1. The highest BCUT2D eigenvalue weighted by Gasteiger charge is 2.20. The molecule has 30 heavy (non-hydrogen) atoms. The van der Waals surface area contributed by atoms with Crippen LogP contribution in [0.15, 0.2) is 83.8 Å². The van der Waals surface area contributed by atoms with Gasteiger partial charge >= 0.3 is 0 Å². The lowest BCUT2D eigenvalue weighted by atomic mass is 10.1. The Labute approximate surface area is 176 Å². The molecule has 0 spiro atoms. The standard InChI is InChI=1S/C23H22N2O4S/c1-16(18-9-4-3-5-10-18)24-23(27)21-13-6-7-14-22(21)25-30(28,29)20-12-8-11-19(15-20)17(2)26/h3-16,25H,1-2H3,(H,24,27)/t16-/m0/s1. The molecule has 0 aliphatic carbocycles. The predicted octanol–water partition coefficient (Wildman–Crippen LogP) is 4.18. The van der Waals surface area contributed by atoms with E-state index in [1.807, 2.05) is 37.3 Å². The smallest absolute Gasteiger partial charge is 0.261 e. The number of ketones is 1. The molecule has 6 nitrogen and oxygen atoms in total. The Kier molecular flexibility index (Phi) is 6.32. The summed E-state index contributed by atoms with van der Waals surface area (Å²) in [6, 6.07) is 21.4. The van der Waals surface area contributed by atoms with Crippen LogP contribution in [0.3, 0.4) is 0 Å². The van der Waals surface area contributed by atoms with Gasteiger partial charge in [0.1, 0.15) is 0 Å². The molecule has 0 saturated carbocycles. The molecule has 3 aromatic rings. The van der Waals surface area contributed by atoms with Gasteiger partial charge in [0.2, 0.25) is 0 Å². The molecule has 0 aliphatic heterocycles. The van der Waals surface area contributed by atoms with Crippen molar-refractivity contribution in [1.82, 2.24) is 5.32 Å². The Bertz CT molecular complexity index is 1170. The lowest BCUT2D eigenvalue weighted by molar-refractivity contribution is 0.0940. The van der Waals surface area contributed by atoms with Gasteiger partial charge in [-0.3, -0.25) is 14.3 Å². The van der Waals surface area contributed by atoms with Crippen molar-refractivity contribution in [2.24, 2.45) is 0 Å². The van der Waals surface area contributed by atoms with Gasteiger partial charge in [0.05, 0.1) is 22.2 Å². The molecule has 2 N–H and O–H groups in total. The zero-order valence-corrected chi connectivity index (χ0v) is 17.4. The highest BCUT2D eigenvalue weighted by atomic mass is 32.2. The van der Waals surface area contributed by atoms with Crippen LogP contribution in [0.2, 0.25) is 0 Å². The Morgan fingerprint density at radius 1 is 0.867 bits per heavy atom. The van der Waals surface area contributed by atoms with Crippen molar-refractivity contribution in [2.45, 2.75) is 24.8 Å². The first kappa shape index (κ1) is 21.3. The summed E-state index contributed by atoms with van der Waals surface area (Å²) in [6.07, 6.45) is 0. The maximum absolute atomic E-state index is 12.8. The Morgan fingerprint density at radius 2 is 1.53 bits per heavy atom. The van der Waals surface area contributed by atoms with Crippen molar-refractivity contribution in [3.05, 3.63) is 95.6 Å². The van der Waals surface area contributed by atoms with Crippen molar-refractivity contribution < 1.29 is 18.0 Å². The first-order valence-corrected chi connectivity index (χ1v) is 10.8. The summed E-state index contributed by atoms with van der Waals surface area (Å²) < 4.78 is 28.1. The number of para-hydroxylation sites is 1. The molecule has 0 saturated heterocycles. The number of amides is 1. The maximum Gasteiger partial charge on any atom is 0.261 e. The van der Waals surface area contributed by atoms with Crippen molar-refractivity contribution in [2.75, 3.05) is 4.72 Å². The van der Waals surface area contributed by atoms with Crippen LogP contribution in [-0.2, 0) is 10.0 Å². The van der Waals surface area contributed by atoms with Crippen LogP contribution in [0.4, 0.5) is 5.69 Å². The molecule has 1 amide bonds. The van der Waals surface area contributed by atoms with Gasteiger partial charge in [-0.2, -0.15) is 0 Å². The van der Waals surface area contributed by atoms with Crippen LogP contribution >= 0.6 is 0 Å². The van der Waals surface area contributed by atoms with Gasteiger partial charge in [-0.1, -0.05) is 54.6 Å². The Hall–Kier alpha value is -3.45. The minimum absolute atomic E-state index is 0.0527. The SMILES string of the molecule is CC(=O)c1cccc(S(=O)(=O)Nc2ccccc2C(=O)N[C@@H](C)c2ccccc2)c1. The summed E-state index contributed by atoms with van der Waals surface area (Å²) in [5.74, 6) is -0.635. The molecule has 154 valence electrons. The third kappa shape index (κ3) is 4.93. The van der Waals surface area contributed by atoms with Gasteiger partial charge in [-0.25, -0.2) is 8.42 Å². The summed E-state index contributed by atoms with van der Waals surface area (Å²) in [5.41, 5.74) is 1.58. The number of carbonyl (C=O) groups excluding carboxylic acids is 2. The zero-order chi connectivity index (χ0) is 21.7. The van der Waals surface area contributed by atoms with E-state index < -0.39 is 15.9 Å². The Balaban J connectivity index is 1.85. The average Bonchev–Trinajstić information content (AvgIpc) is 2.74. The molecule has 7 heteroatoms. The molecule has 0 aliphatic rings. The van der Waals surface area contributed by atoms with Gasteiger partial charge in [-0.05, 0) is 43.7 Å². The first-order valence-electron chi connectivity index (χ1n) is 9.36. The highest BCUT2D eigenvalue weighted by Crippen LogP contribution is 2.22. The quantitative estimate of drug-likeness (QED) is 0.559. The van der Waals surface area contributed by atoms with Crippen LogP contribution in [0.25, 0.3) is 0 Å². The van der Waals surface area contributed by atoms with Crippen molar-refractivity contribution in [1.29, 1.82) is 0 Å². The van der Waals surface area contributed by atoms with E-state index in [2.05, 4.69) is 10.0 Å². The van der Waals surface area contributed by atoms with Crippen LogP contribution in [0, 0.1) is 0 Å². The van der Waals surface area contributed by atoms with Gasteiger partial charge < -0.3 is 5.32 Å². The number of anilines is 1. The van der Waals surface area contributed by atoms with Crippen molar-refractivity contribution in [3.63, 3.8) is 0 Å². The summed E-state index contributed by atoms with van der Waals surface area (Å²) in [6.45, 7) is 3.22. The van der Waals surface area contributed by atoms with Crippen molar-refractivity contribution >= 4 is 27.4 Å². The third-order valence-corrected chi connectivity index (χ3v) is 5.98. The lowest BCUT2D eigenvalue weighted by Crippen LogP contribution is -2.28. The van der Waals surface area contributed by atoms with E-state index in [1.54, 1.807) is 24.3 Å². The number of Topliss-reactive ketones (excluding diaryl/α,β-unsaturated/α-hetero) is 1.